The highest BCUT2D eigenvalue weighted by Gasteiger charge is 2.20. The molecule has 0 saturated heterocycles. The summed E-state index contributed by atoms with van der Waals surface area (Å²) >= 11 is 0. The molecule has 42 heavy (non-hydrogen) atoms. The lowest BCUT2D eigenvalue weighted by Crippen LogP contribution is -2.45. The molecule has 5 nitrogen and oxygen atoms in total. The van der Waals surface area contributed by atoms with Crippen molar-refractivity contribution in [1.82, 2.24) is 5.32 Å². The van der Waals surface area contributed by atoms with E-state index in [4.69, 9.17) is 0 Å². The Morgan fingerprint density at radius 2 is 1.02 bits per heavy atom. The minimum atomic E-state index is -0.955. The summed E-state index contributed by atoms with van der Waals surface area (Å²) in [6, 6.07) is -0.762. The number of aliphatic hydroxyl groups excluding tert-OH is 3. The predicted molar refractivity (Wildman–Crippen MR) is 181 cm³/mol. The van der Waals surface area contributed by atoms with Gasteiger partial charge in [0.25, 0.3) is 0 Å². The first kappa shape index (κ1) is 40.6. The number of aliphatic hydroxyl groups is 3. The lowest BCUT2D eigenvalue weighted by molar-refractivity contribution is -0.124. The Kier molecular flexibility index (Phi) is 31.4. The second kappa shape index (κ2) is 32.5. The first-order valence-electron chi connectivity index (χ1n) is 17.8. The molecule has 0 radical (unpaired) electrons. The Morgan fingerprint density at radius 3 is 1.50 bits per heavy atom. The van der Waals surface area contributed by atoms with Crippen molar-refractivity contribution in [3.63, 3.8) is 0 Å². The summed E-state index contributed by atoms with van der Waals surface area (Å²) in [7, 11) is 0. The van der Waals surface area contributed by atoms with Crippen molar-refractivity contribution in [2.75, 3.05) is 6.61 Å². The molecular formula is C37H69NO4. The monoisotopic (exact) mass is 592 g/mol. The lowest BCUT2D eigenvalue weighted by atomic mass is 10.0. The molecule has 0 heterocycles. The van der Waals surface area contributed by atoms with Crippen LogP contribution in [0.2, 0.25) is 0 Å². The molecule has 246 valence electrons. The third kappa shape index (κ3) is 28.7. The summed E-state index contributed by atoms with van der Waals surface area (Å²) in [5.41, 5.74) is 0. The van der Waals surface area contributed by atoms with Gasteiger partial charge in [-0.25, -0.2) is 0 Å². The van der Waals surface area contributed by atoms with E-state index in [2.05, 4.69) is 43.5 Å². The summed E-state index contributed by atoms with van der Waals surface area (Å²) < 4.78 is 0. The van der Waals surface area contributed by atoms with Crippen molar-refractivity contribution in [2.45, 2.75) is 186 Å². The topological polar surface area (TPSA) is 89.8 Å². The number of carbonyl (C=O) groups is 1. The number of unbranched alkanes of at least 4 members (excludes halogenated alkanes) is 18. The molecule has 0 aromatic rings. The van der Waals surface area contributed by atoms with Crippen molar-refractivity contribution in [3.05, 3.63) is 36.5 Å². The van der Waals surface area contributed by atoms with E-state index in [1.54, 1.807) is 6.08 Å². The van der Waals surface area contributed by atoms with Crippen molar-refractivity contribution in [2.24, 2.45) is 0 Å². The van der Waals surface area contributed by atoms with E-state index in [-0.39, 0.29) is 18.9 Å². The van der Waals surface area contributed by atoms with Crippen LogP contribution in [0.1, 0.15) is 168 Å². The molecule has 0 aliphatic carbocycles. The second-order valence-electron chi connectivity index (χ2n) is 12.1. The summed E-state index contributed by atoms with van der Waals surface area (Å²) in [6.07, 6.45) is 38.4. The molecule has 0 spiro atoms. The van der Waals surface area contributed by atoms with Gasteiger partial charge < -0.3 is 20.6 Å². The van der Waals surface area contributed by atoms with Gasteiger partial charge in [-0.05, 0) is 38.5 Å². The molecule has 0 aromatic carbocycles. The van der Waals surface area contributed by atoms with Gasteiger partial charge in [0.2, 0.25) is 5.91 Å². The first-order valence-corrected chi connectivity index (χ1v) is 17.8. The Morgan fingerprint density at radius 1 is 0.595 bits per heavy atom. The van der Waals surface area contributed by atoms with E-state index in [0.29, 0.717) is 6.42 Å². The zero-order chi connectivity index (χ0) is 30.9. The van der Waals surface area contributed by atoms with Crippen molar-refractivity contribution < 1.29 is 20.1 Å². The number of allylic oxidation sites excluding steroid dienone is 5. The molecule has 0 fully saturated rings. The fourth-order valence-corrected chi connectivity index (χ4v) is 5.12. The largest absolute Gasteiger partial charge is 0.394 e. The zero-order valence-electron chi connectivity index (χ0n) is 27.6. The molecule has 3 unspecified atom stereocenters. The molecule has 5 heteroatoms. The van der Waals surface area contributed by atoms with Crippen LogP contribution in [-0.2, 0) is 4.79 Å². The maximum absolute atomic E-state index is 12.3. The normalized spacial score (nSPS) is 14.3. The Balaban J connectivity index is 3.79. The maximum Gasteiger partial charge on any atom is 0.222 e. The van der Waals surface area contributed by atoms with Crippen molar-refractivity contribution in [1.29, 1.82) is 0 Å². The SMILES string of the molecule is CCCC/C=C/CC/C=C/CC/C=C/C(O)C(CO)NC(=O)CC(O)CCCCCCCCCCCCCCCCC. The lowest BCUT2D eigenvalue weighted by Gasteiger charge is -2.21. The van der Waals surface area contributed by atoms with Gasteiger partial charge in [-0.3, -0.25) is 4.79 Å². The zero-order valence-corrected chi connectivity index (χ0v) is 27.6. The molecule has 1 amide bonds. The third-order valence-electron chi connectivity index (χ3n) is 7.91. The number of amides is 1. The minimum Gasteiger partial charge on any atom is -0.394 e. The van der Waals surface area contributed by atoms with Gasteiger partial charge in [0, 0.05) is 0 Å². The van der Waals surface area contributed by atoms with E-state index in [9.17, 15) is 20.1 Å². The Labute approximate surface area is 260 Å². The molecule has 4 N–H and O–H groups in total. The summed E-state index contributed by atoms with van der Waals surface area (Å²) in [6.45, 7) is 4.13. The van der Waals surface area contributed by atoms with Crippen LogP contribution in [-0.4, -0.2) is 46.1 Å². The van der Waals surface area contributed by atoms with E-state index in [0.717, 1.165) is 38.5 Å². The number of hydrogen-bond acceptors (Lipinski definition) is 4. The van der Waals surface area contributed by atoms with Crippen molar-refractivity contribution >= 4 is 5.91 Å². The molecule has 0 aliphatic heterocycles. The van der Waals surface area contributed by atoms with Gasteiger partial charge in [0.05, 0.1) is 31.3 Å². The van der Waals surface area contributed by atoms with Gasteiger partial charge >= 0.3 is 0 Å². The summed E-state index contributed by atoms with van der Waals surface area (Å²) in [4.78, 5) is 12.3. The number of nitrogens with one attached hydrogen (secondary N) is 1. The smallest absolute Gasteiger partial charge is 0.222 e. The van der Waals surface area contributed by atoms with Crippen LogP contribution in [0, 0.1) is 0 Å². The molecule has 0 aliphatic rings. The average molecular weight is 592 g/mol. The van der Waals surface area contributed by atoms with Gasteiger partial charge in [0.1, 0.15) is 0 Å². The summed E-state index contributed by atoms with van der Waals surface area (Å²) in [5.74, 6) is -0.332. The van der Waals surface area contributed by atoms with E-state index >= 15 is 0 Å². The predicted octanol–water partition coefficient (Wildman–Crippen LogP) is 9.26. The maximum atomic E-state index is 12.3. The van der Waals surface area contributed by atoms with Crippen LogP contribution < -0.4 is 5.32 Å². The number of hydrogen-bond donors (Lipinski definition) is 4. The van der Waals surface area contributed by atoms with Gasteiger partial charge in [-0.15, -0.1) is 0 Å². The summed E-state index contributed by atoms with van der Waals surface area (Å²) in [5, 5.41) is 32.9. The van der Waals surface area contributed by atoms with Crippen LogP contribution in [0.25, 0.3) is 0 Å². The van der Waals surface area contributed by atoms with Gasteiger partial charge in [-0.1, -0.05) is 159 Å². The molecule has 0 rings (SSSR count). The van der Waals surface area contributed by atoms with Gasteiger partial charge in [-0.2, -0.15) is 0 Å². The molecule has 0 aromatic heterocycles. The van der Waals surface area contributed by atoms with E-state index in [1.807, 2.05) is 6.08 Å². The van der Waals surface area contributed by atoms with Crippen molar-refractivity contribution in [3.8, 4) is 0 Å². The Hall–Kier alpha value is -1.43. The third-order valence-corrected chi connectivity index (χ3v) is 7.91. The molecule has 3 atom stereocenters. The molecule has 0 saturated carbocycles. The molecule has 0 bridgehead atoms. The van der Waals surface area contributed by atoms with E-state index < -0.39 is 18.2 Å². The first-order chi connectivity index (χ1) is 20.5. The second-order valence-corrected chi connectivity index (χ2v) is 12.1. The van der Waals surface area contributed by atoms with Crippen LogP contribution >= 0.6 is 0 Å². The quantitative estimate of drug-likeness (QED) is 0.0478. The van der Waals surface area contributed by atoms with Crippen LogP contribution in [0.15, 0.2) is 36.5 Å². The van der Waals surface area contributed by atoms with E-state index in [1.165, 1.54) is 103 Å². The molecular weight excluding hydrogens is 522 g/mol. The highest BCUT2D eigenvalue weighted by atomic mass is 16.3. The van der Waals surface area contributed by atoms with Crippen LogP contribution in [0.4, 0.5) is 0 Å². The standard InChI is InChI=1S/C37H69NO4/c1-3-5-7-9-11-13-15-17-18-19-20-22-24-26-28-30-34(40)32-37(42)38-35(33-39)36(41)31-29-27-25-23-21-16-14-12-10-8-6-4-2/h10,12,21,23,29,31,34-36,39-41H,3-9,11,13-20,22,24-28,30,32-33H2,1-2H3,(H,38,42)/b12-10+,23-21+,31-29+. The number of rotatable bonds is 31. The highest BCUT2D eigenvalue weighted by molar-refractivity contribution is 5.76. The fraction of sp³-hybridized carbons (Fsp3) is 0.811. The van der Waals surface area contributed by atoms with Crippen LogP contribution in [0.3, 0.4) is 0 Å². The van der Waals surface area contributed by atoms with Gasteiger partial charge in [0.15, 0.2) is 0 Å². The minimum absolute atomic E-state index is 0.00409. The Bertz CT molecular complexity index is 660. The number of carbonyl (C=O) groups excluding carboxylic acids is 1. The highest BCUT2D eigenvalue weighted by Crippen LogP contribution is 2.14. The van der Waals surface area contributed by atoms with Crippen LogP contribution in [0.5, 0.6) is 0 Å². The average Bonchev–Trinajstić information content (AvgIpc) is 2.98. The fourth-order valence-electron chi connectivity index (χ4n) is 5.12.